The van der Waals surface area contributed by atoms with Gasteiger partial charge in [0, 0.05) is 12.6 Å². The van der Waals surface area contributed by atoms with E-state index in [1.807, 2.05) is 6.92 Å². The lowest BCUT2D eigenvalue weighted by molar-refractivity contribution is 0.0928. The van der Waals surface area contributed by atoms with E-state index in [1.54, 1.807) is 0 Å². The summed E-state index contributed by atoms with van der Waals surface area (Å²) in [6, 6.07) is 1.30. The molecule has 1 aromatic rings. The fourth-order valence-corrected chi connectivity index (χ4v) is 1.73. The maximum absolute atomic E-state index is 13.0. The summed E-state index contributed by atoms with van der Waals surface area (Å²) < 4.78 is 25.9. The zero-order valence-corrected chi connectivity index (χ0v) is 10.6. The first kappa shape index (κ1) is 14.9. The molecule has 1 amide bonds. The first-order valence-corrected chi connectivity index (χ1v) is 5.93. The molecule has 3 nitrogen and oxygen atoms in total. The summed E-state index contributed by atoms with van der Waals surface area (Å²) >= 11 is 5.68. The Hall–Kier alpha value is -1.20. The zero-order chi connectivity index (χ0) is 13.7. The third-order valence-corrected chi connectivity index (χ3v) is 2.87. The van der Waals surface area contributed by atoms with Gasteiger partial charge in [0.05, 0.1) is 10.6 Å². The van der Waals surface area contributed by atoms with E-state index in [0.717, 1.165) is 12.1 Å². The van der Waals surface area contributed by atoms with Gasteiger partial charge in [0.25, 0.3) is 5.91 Å². The number of carbonyl (C=O) groups is 1. The number of amides is 1. The highest BCUT2D eigenvalue weighted by Crippen LogP contribution is 2.20. The van der Waals surface area contributed by atoms with Crippen LogP contribution in [0.25, 0.3) is 0 Å². The Morgan fingerprint density at radius 3 is 2.61 bits per heavy atom. The van der Waals surface area contributed by atoms with Gasteiger partial charge in [-0.05, 0) is 25.0 Å². The van der Waals surface area contributed by atoms with Gasteiger partial charge in [-0.25, -0.2) is 8.78 Å². The van der Waals surface area contributed by atoms with Crippen molar-refractivity contribution in [2.24, 2.45) is 0 Å². The Morgan fingerprint density at radius 1 is 1.44 bits per heavy atom. The van der Waals surface area contributed by atoms with Crippen LogP contribution in [-0.4, -0.2) is 23.7 Å². The Labute approximate surface area is 109 Å². The van der Waals surface area contributed by atoms with Crippen LogP contribution in [0.15, 0.2) is 12.1 Å². The molecule has 0 saturated heterocycles. The summed E-state index contributed by atoms with van der Waals surface area (Å²) in [7, 11) is 0. The molecule has 0 aromatic heterocycles. The summed E-state index contributed by atoms with van der Waals surface area (Å²) in [5.74, 6) is -2.81. The molecule has 0 bridgehead atoms. The van der Waals surface area contributed by atoms with Gasteiger partial charge in [0.15, 0.2) is 11.6 Å². The lowest BCUT2D eigenvalue weighted by atomic mass is 10.1. The molecule has 1 atom stereocenters. The van der Waals surface area contributed by atoms with Crippen LogP contribution in [0, 0.1) is 11.6 Å². The second-order valence-electron chi connectivity index (χ2n) is 3.84. The number of halogens is 3. The molecule has 0 fully saturated rings. The Morgan fingerprint density at radius 2 is 2.06 bits per heavy atom. The van der Waals surface area contributed by atoms with E-state index in [-0.39, 0.29) is 23.2 Å². The van der Waals surface area contributed by atoms with E-state index in [2.05, 4.69) is 5.32 Å². The Kier molecular flexibility index (Phi) is 5.50. The minimum Gasteiger partial charge on any atom is -0.396 e. The molecule has 0 heterocycles. The van der Waals surface area contributed by atoms with Gasteiger partial charge in [-0.2, -0.15) is 0 Å². The second-order valence-corrected chi connectivity index (χ2v) is 4.24. The van der Waals surface area contributed by atoms with E-state index in [0.29, 0.717) is 12.8 Å². The summed E-state index contributed by atoms with van der Waals surface area (Å²) in [5, 5.41) is 11.3. The average molecular weight is 278 g/mol. The number of hydrogen-bond donors (Lipinski definition) is 2. The highest BCUT2D eigenvalue weighted by atomic mass is 35.5. The van der Waals surface area contributed by atoms with Crippen LogP contribution in [-0.2, 0) is 0 Å². The van der Waals surface area contributed by atoms with Crippen LogP contribution in [0.2, 0.25) is 5.02 Å². The second kappa shape index (κ2) is 6.66. The van der Waals surface area contributed by atoms with Crippen molar-refractivity contribution in [2.45, 2.75) is 25.8 Å². The topological polar surface area (TPSA) is 49.3 Å². The van der Waals surface area contributed by atoms with Crippen molar-refractivity contribution in [3.63, 3.8) is 0 Å². The maximum atomic E-state index is 13.0. The van der Waals surface area contributed by atoms with E-state index >= 15 is 0 Å². The average Bonchev–Trinajstić information content (AvgIpc) is 2.33. The van der Waals surface area contributed by atoms with Gasteiger partial charge in [-0.3, -0.25) is 4.79 Å². The monoisotopic (exact) mass is 277 g/mol. The Balaban J connectivity index is 2.87. The molecule has 6 heteroatoms. The quantitative estimate of drug-likeness (QED) is 0.813. The van der Waals surface area contributed by atoms with Crippen molar-refractivity contribution in [1.29, 1.82) is 0 Å². The molecule has 0 aliphatic rings. The number of carbonyl (C=O) groups excluding carboxylic acids is 1. The van der Waals surface area contributed by atoms with E-state index in [4.69, 9.17) is 16.7 Å². The number of aliphatic hydroxyl groups is 1. The predicted octanol–water partition coefficient (Wildman–Crippen LogP) is 2.51. The van der Waals surface area contributed by atoms with E-state index in [1.165, 1.54) is 0 Å². The van der Waals surface area contributed by atoms with Gasteiger partial charge >= 0.3 is 0 Å². The van der Waals surface area contributed by atoms with Crippen LogP contribution in [0.1, 0.15) is 30.1 Å². The molecule has 1 aromatic carbocycles. The fourth-order valence-electron chi connectivity index (χ4n) is 1.49. The van der Waals surface area contributed by atoms with Crippen molar-refractivity contribution in [3.05, 3.63) is 34.4 Å². The predicted molar refractivity (Wildman–Crippen MR) is 64.6 cm³/mol. The number of aliphatic hydroxyl groups excluding tert-OH is 1. The first-order chi connectivity index (χ1) is 8.49. The standard InChI is InChI=1S/C12H14ClF2NO2/c1-2-7(3-4-17)16-12(18)8-5-10(14)11(15)6-9(8)13/h5-7,17H,2-4H2,1H3,(H,16,18). The van der Waals surface area contributed by atoms with Gasteiger partial charge in [0.1, 0.15) is 0 Å². The molecule has 0 aliphatic heterocycles. The summed E-state index contributed by atoms with van der Waals surface area (Å²) in [6.07, 6.45) is 1.01. The molecule has 0 aliphatic carbocycles. The Bertz CT molecular complexity index is 440. The first-order valence-electron chi connectivity index (χ1n) is 5.55. The van der Waals surface area contributed by atoms with Gasteiger partial charge < -0.3 is 10.4 Å². The molecule has 18 heavy (non-hydrogen) atoms. The molecule has 0 saturated carbocycles. The van der Waals surface area contributed by atoms with Gasteiger partial charge in [-0.1, -0.05) is 18.5 Å². The number of hydrogen-bond acceptors (Lipinski definition) is 2. The minimum absolute atomic E-state index is 0.0652. The molecular weight excluding hydrogens is 264 g/mol. The molecular formula is C12H14ClF2NO2. The largest absolute Gasteiger partial charge is 0.396 e. The van der Waals surface area contributed by atoms with Crippen molar-refractivity contribution >= 4 is 17.5 Å². The van der Waals surface area contributed by atoms with E-state index in [9.17, 15) is 13.6 Å². The van der Waals surface area contributed by atoms with Crippen LogP contribution >= 0.6 is 11.6 Å². The van der Waals surface area contributed by atoms with Crippen molar-refractivity contribution in [2.75, 3.05) is 6.61 Å². The summed E-state index contributed by atoms with van der Waals surface area (Å²) in [6.45, 7) is 1.78. The third kappa shape index (κ3) is 3.65. The molecule has 1 unspecified atom stereocenters. The highest BCUT2D eigenvalue weighted by Gasteiger charge is 2.17. The van der Waals surface area contributed by atoms with Crippen LogP contribution in [0.5, 0.6) is 0 Å². The van der Waals surface area contributed by atoms with E-state index < -0.39 is 17.5 Å². The van der Waals surface area contributed by atoms with Crippen molar-refractivity contribution in [3.8, 4) is 0 Å². The number of nitrogens with one attached hydrogen (secondary N) is 1. The minimum atomic E-state index is -1.13. The molecule has 1 rings (SSSR count). The summed E-state index contributed by atoms with van der Waals surface area (Å²) in [4.78, 5) is 11.8. The van der Waals surface area contributed by atoms with Crippen LogP contribution in [0.4, 0.5) is 8.78 Å². The SMILES string of the molecule is CCC(CCO)NC(=O)c1cc(F)c(F)cc1Cl. The molecule has 0 spiro atoms. The van der Waals surface area contributed by atoms with Gasteiger partial charge in [0.2, 0.25) is 0 Å². The normalized spacial score (nSPS) is 12.3. The lowest BCUT2D eigenvalue weighted by Crippen LogP contribution is -2.35. The summed E-state index contributed by atoms with van der Waals surface area (Å²) in [5.41, 5.74) is -0.119. The highest BCUT2D eigenvalue weighted by molar-refractivity contribution is 6.33. The zero-order valence-electron chi connectivity index (χ0n) is 9.84. The molecule has 100 valence electrons. The smallest absolute Gasteiger partial charge is 0.253 e. The van der Waals surface area contributed by atoms with Crippen molar-refractivity contribution < 1.29 is 18.7 Å². The van der Waals surface area contributed by atoms with Crippen LogP contribution < -0.4 is 5.32 Å². The van der Waals surface area contributed by atoms with Crippen molar-refractivity contribution in [1.82, 2.24) is 5.32 Å². The number of rotatable bonds is 5. The number of benzene rings is 1. The molecule has 2 N–H and O–H groups in total. The van der Waals surface area contributed by atoms with Crippen LogP contribution in [0.3, 0.4) is 0 Å². The third-order valence-electron chi connectivity index (χ3n) is 2.56. The van der Waals surface area contributed by atoms with Gasteiger partial charge in [-0.15, -0.1) is 0 Å². The lowest BCUT2D eigenvalue weighted by Gasteiger charge is -2.16. The maximum Gasteiger partial charge on any atom is 0.253 e. The fraction of sp³-hybridized carbons (Fsp3) is 0.417. The molecule has 0 radical (unpaired) electrons.